The van der Waals surface area contributed by atoms with Crippen molar-refractivity contribution in [2.45, 2.75) is 46.5 Å². The maximum atomic E-state index is 3.88. The van der Waals surface area contributed by atoms with Gasteiger partial charge in [0.2, 0.25) is 0 Å². The second-order valence-electron chi connectivity index (χ2n) is 3.36. The van der Waals surface area contributed by atoms with Gasteiger partial charge in [0.1, 0.15) is 0 Å². The Morgan fingerprint density at radius 2 is 2.10 bits per heavy atom. The molecule has 0 spiro atoms. The Labute approximate surface area is 65.3 Å². The zero-order chi connectivity index (χ0) is 7.98. The summed E-state index contributed by atoms with van der Waals surface area (Å²) in [7, 11) is 0. The summed E-state index contributed by atoms with van der Waals surface area (Å²) in [6, 6.07) is 0. The minimum Gasteiger partial charge on any atom is -0.100 e. The van der Waals surface area contributed by atoms with E-state index in [0.717, 1.165) is 5.92 Å². The van der Waals surface area contributed by atoms with Gasteiger partial charge in [-0.1, -0.05) is 32.3 Å². The Morgan fingerprint density at radius 1 is 1.50 bits per heavy atom. The predicted molar refractivity (Wildman–Crippen MR) is 48.1 cm³/mol. The smallest absolute Gasteiger partial charge is 0.0326 e. The number of allylic oxidation sites excluding steroid dienone is 1. The second-order valence-corrected chi connectivity index (χ2v) is 3.36. The Balaban J connectivity index is 3.11. The largest absolute Gasteiger partial charge is 0.100 e. The van der Waals surface area contributed by atoms with Gasteiger partial charge in [-0.3, -0.25) is 0 Å². The highest BCUT2D eigenvalue weighted by Crippen LogP contribution is 2.13. The van der Waals surface area contributed by atoms with E-state index in [-0.39, 0.29) is 0 Å². The van der Waals surface area contributed by atoms with Gasteiger partial charge in [-0.05, 0) is 25.7 Å². The summed E-state index contributed by atoms with van der Waals surface area (Å²) in [6.45, 7) is 10.6. The molecule has 0 N–H and O–H groups in total. The average Bonchev–Trinajstić information content (AvgIpc) is 1.87. The lowest BCUT2D eigenvalue weighted by Gasteiger charge is -2.06. The van der Waals surface area contributed by atoms with Crippen LogP contribution < -0.4 is 0 Å². The first-order valence-electron chi connectivity index (χ1n) is 4.31. The van der Waals surface area contributed by atoms with Crippen LogP contribution in [-0.2, 0) is 0 Å². The molecular weight excluding hydrogens is 120 g/mol. The highest BCUT2D eigenvalue weighted by Gasteiger charge is 1.97. The van der Waals surface area contributed by atoms with Gasteiger partial charge in [-0.15, -0.1) is 6.58 Å². The standard InChI is InChI=1S/C10H20/c1-5-10(4)8-6-7-9(2)3/h10H,2,5-8H2,1,3-4H3/t10-/m0/s1. The van der Waals surface area contributed by atoms with Crippen molar-refractivity contribution in [3.8, 4) is 0 Å². The molecule has 1 atom stereocenters. The molecule has 0 aromatic rings. The van der Waals surface area contributed by atoms with Crippen LogP contribution >= 0.6 is 0 Å². The Kier molecular flexibility index (Phi) is 5.38. The molecule has 0 nitrogen and oxygen atoms in total. The van der Waals surface area contributed by atoms with Crippen LogP contribution in [0.5, 0.6) is 0 Å². The maximum absolute atomic E-state index is 3.88. The third-order valence-corrected chi connectivity index (χ3v) is 2.00. The zero-order valence-electron chi connectivity index (χ0n) is 7.61. The van der Waals surface area contributed by atoms with Gasteiger partial charge in [0, 0.05) is 0 Å². The molecule has 0 fully saturated rings. The molecule has 0 aliphatic heterocycles. The molecule has 0 saturated carbocycles. The molecule has 0 heterocycles. The first-order chi connectivity index (χ1) is 4.66. The van der Waals surface area contributed by atoms with E-state index in [2.05, 4.69) is 27.4 Å². The summed E-state index contributed by atoms with van der Waals surface area (Å²) >= 11 is 0. The third-order valence-electron chi connectivity index (χ3n) is 2.00. The van der Waals surface area contributed by atoms with Crippen LogP contribution in [0.2, 0.25) is 0 Å². The van der Waals surface area contributed by atoms with Gasteiger partial charge in [0.25, 0.3) is 0 Å². The van der Waals surface area contributed by atoms with Crippen molar-refractivity contribution in [2.75, 3.05) is 0 Å². The van der Waals surface area contributed by atoms with Crippen LogP contribution in [-0.4, -0.2) is 0 Å². The van der Waals surface area contributed by atoms with E-state index in [4.69, 9.17) is 0 Å². The van der Waals surface area contributed by atoms with Crippen LogP contribution in [0.3, 0.4) is 0 Å². The molecule has 60 valence electrons. The Bertz CT molecular complexity index is 92.2. The number of hydrogen-bond donors (Lipinski definition) is 0. The molecule has 10 heavy (non-hydrogen) atoms. The first kappa shape index (κ1) is 9.74. The van der Waals surface area contributed by atoms with Crippen molar-refractivity contribution in [2.24, 2.45) is 5.92 Å². The molecule has 0 saturated heterocycles. The summed E-state index contributed by atoms with van der Waals surface area (Å²) in [4.78, 5) is 0. The van der Waals surface area contributed by atoms with Gasteiger partial charge < -0.3 is 0 Å². The van der Waals surface area contributed by atoms with Gasteiger partial charge >= 0.3 is 0 Å². The molecule has 0 heteroatoms. The van der Waals surface area contributed by atoms with Crippen molar-refractivity contribution in [3.63, 3.8) is 0 Å². The van der Waals surface area contributed by atoms with E-state index in [9.17, 15) is 0 Å². The molecular formula is C10H20. The number of hydrogen-bond acceptors (Lipinski definition) is 0. The summed E-state index contributed by atoms with van der Waals surface area (Å²) in [5.41, 5.74) is 1.32. The summed E-state index contributed by atoms with van der Waals surface area (Å²) in [6.07, 6.45) is 5.22. The van der Waals surface area contributed by atoms with E-state index in [0.29, 0.717) is 0 Å². The fraction of sp³-hybridized carbons (Fsp3) is 0.800. The van der Waals surface area contributed by atoms with Gasteiger partial charge in [0.15, 0.2) is 0 Å². The highest BCUT2D eigenvalue weighted by atomic mass is 14.0. The van der Waals surface area contributed by atoms with E-state index < -0.39 is 0 Å². The SMILES string of the molecule is C=C(C)CCC[C@@H](C)CC. The van der Waals surface area contributed by atoms with Crippen LogP contribution in [0.25, 0.3) is 0 Å². The Morgan fingerprint density at radius 3 is 2.50 bits per heavy atom. The molecule has 0 unspecified atom stereocenters. The Hall–Kier alpha value is -0.260. The van der Waals surface area contributed by atoms with E-state index in [1.807, 2.05) is 0 Å². The topological polar surface area (TPSA) is 0 Å². The van der Waals surface area contributed by atoms with E-state index >= 15 is 0 Å². The minimum absolute atomic E-state index is 0.902. The monoisotopic (exact) mass is 140 g/mol. The minimum atomic E-state index is 0.902. The first-order valence-corrected chi connectivity index (χ1v) is 4.31. The van der Waals surface area contributed by atoms with Crippen LogP contribution in [0.1, 0.15) is 46.5 Å². The third kappa shape index (κ3) is 5.87. The van der Waals surface area contributed by atoms with Gasteiger partial charge in [-0.2, -0.15) is 0 Å². The maximum Gasteiger partial charge on any atom is -0.0326 e. The fourth-order valence-electron chi connectivity index (χ4n) is 0.956. The highest BCUT2D eigenvalue weighted by molar-refractivity contribution is 4.87. The van der Waals surface area contributed by atoms with Crippen LogP contribution in [0.15, 0.2) is 12.2 Å². The summed E-state index contributed by atoms with van der Waals surface area (Å²) < 4.78 is 0. The fourth-order valence-corrected chi connectivity index (χ4v) is 0.956. The molecule has 0 bridgehead atoms. The second kappa shape index (κ2) is 5.52. The molecule has 0 rings (SSSR count). The van der Waals surface area contributed by atoms with Crippen molar-refractivity contribution >= 4 is 0 Å². The van der Waals surface area contributed by atoms with E-state index in [1.54, 1.807) is 0 Å². The van der Waals surface area contributed by atoms with Crippen molar-refractivity contribution in [3.05, 3.63) is 12.2 Å². The molecule has 0 aromatic heterocycles. The quantitative estimate of drug-likeness (QED) is 0.510. The molecule has 0 amide bonds. The summed E-state index contributed by atoms with van der Waals surface area (Å²) in [5, 5.41) is 0. The lowest BCUT2D eigenvalue weighted by Crippen LogP contribution is -1.91. The van der Waals surface area contributed by atoms with Gasteiger partial charge in [-0.25, -0.2) is 0 Å². The van der Waals surface area contributed by atoms with Crippen LogP contribution in [0.4, 0.5) is 0 Å². The lowest BCUT2D eigenvalue weighted by atomic mass is 10.0. The molecule has 0 aliphatic rings. The molecule has 0 aromatic carbocycles. The number of rotatable bonds is 5. The molecule has 0 radical (unpaired) electrons. The average molecular weight is 140 g/mol. The lowest BCUT2D eigenvalue weighted by molar-refractivity contribution is 0.495. The normalized spacial score (nSPS) is 13.1. The summed E-state index contributed by atoms with van der Waals surface area (Å²) in [5.74, 6) is 0.902. The van der Waals surface area contributed by atoms with E-state index in [1.165, 1.54) is 31.3 Å². The van der Waals surface area contributed by atoms with Gasteiger partial charge in [0.05, 0.1) is 0 Å². The predicted octanol–water partition coefficient (Wildman–Crippen LogP) is 3.78. The van der Waals surface area contributed by atoms with Crippen molar-refractivity contribution < 1.29 is 0 Å². The van der Waals surface area contributed by atoms with Crippen LogP contribution in [0, 0.1) is 5.92 Å². The molecule has 0 aliphatic carbocycles. The van der Waals surface area contributed by atoms with Crippen molar-refractivity contribution in [1.82, 2.24) is 0 Å². The van der Waals surface area contributed by atoms with Crippen molar-refractivity contribution in [1.29, 1.82) is 0 Å². The zero-order valence-corrected chi connectivity index (χ0v) is 7.61.